The number of cyclic esters (lactones) is 1. The van der Waals surface area contributed by atoms with Gasteiger partial charge in [-0.3, -0.25) is 9.78 Å². The molecule has 1 aliphatic carbocycles. The van der Waals surface area contributed by atoms with E-state index in [1.54, 1.807) is 0 Å². The molecule has 5 rings (SSSR count). The number of ether oxygens (including phenoxy) is 1. The molecule has 5 nitrogen and oxygen atoms in total. The van der Waals surface area contributed by atoms with Crippen LogP contribution in [-0.4, -0.2) is 54.7 Å². The van der Waals surface area contributed by atoms with Crippen LogP contribution in [0.4, 0.5) is 5.69 Å². The third-order valence-corrected chi connectivity index (χ3v) is 7.90. The number of nitrogens with zero attached hydrogens (tertiary/aromatic N) is 3. The molecule has 158 valence electrons. The molecular weight excluding hydrogens is 362 g/mol. The van der Waals surface area contributed by atoms with Crippen LogP contribution in [0.5, 0.6) is 0 Å². The monoisotopic (exact) mass is 397 g/mol. The minimum atomic E-state index is -0.119. The first-order chi connectivity index (χ1) is 14.0. The third kappa shape index (κ3) is 3.78. The van der Waals surface area contributed by atoms with Gasteiger partial charge in [0.1, 0.15) is 6.10 Å². The lowest BCUT2D eigenvalue weighted by Gasteiger charge is -2.28. The molecule has 0 aromatic carbocycles. The predicted molar refractivity (Wildman–Crippen MR) is 114 cm³/mol. The second-order valence-corrected chi connectivity index (χ2v) is 10.2. The zero-order valence-corrected chi connectivity index (χ0v) is 18.0. The third-order valence-electron chi connectivity index (χ3n) is 7.90. The minimum Gasteiger partial charge on any atom is -0.462 e. The van der Waals surface area contributed by atoms with Crippen molar-refractivity contribution in [2.45, 2.75) is 64.9 Å². The summed E-state index contributed by atoms with van der Waals surface area (Å²) in [5.74, 6) is 1.64. The van der Waals surface area contributed by atoms with Crippen LogP contribution in [0.1, 0.15) is 56.3 Å². The number of aryl methyl sites for hydroxylation is 2. The fraction of sp³-hybridized carbons (Fsp3) is 0.750. The molecule has 0 N–H and O–H groups in total. The molecular formula is C24H35N3O2. The highest BCUT2D eigenvalue weighted by atomic mass is 16.6. The molecule has 1 aromatic heterocycles. The number of anilines is 1. The van der Waals surface area contributed by atoms with Gasteiger partial charge in [0.25, 0.3) is 0 Å². The number of pyridine rings is 1. The number of likely N-dealkylation sites (tertiary alicyclic amines) is 1. The Morgan fingerprint density at radius 2 is 1.69 bits per heavy atom. The molecule has 1 aromatic rings. The van der Waals surface area contributed by atoms with Crippen molar-refractivity contribution < 1.29 is 9.53 Å². The average Bonchev–Trinajstić information content (AvgIpc) is 3.32. The fourth-order valence-corrected chi connectivity index (χ4v) is 6.44. The number of hydrogen-bond donors (Lipinski definition) is 0. The van der Waals surface area contributed by atoms with E-state index in [-0.39, 0.29) is 17.5 Å². The van der Waals surface area contributed by atoms with Gasteiger partial charge in [-0.2, -0.15) is 0 Å². The Morgan fingerprint density at radius 1 is 1.03 bits per heavy atom. The van der Waals surface area contributed by atoms with Crippen LogP contribution in [0.3, 0.4) is 0 Å². The van der Waals surface area contributed by atoms with Crippen molar-refractivity contribution in [2.75, 3.05) is 37.6 Å². The Bertz CT molecular complexity index is 739. The standard InChI is InChI=1S/C24H35N3O2/c1-17-10-21(11-18(2)25-17)27-15-19-13-26(14-20(19)16-27)9-6-22-12-24(23(28)29-22)7-4-3-5-8-24/h10-11,19-20,22H,3-9,12-16H2,1-2H3. The highest BCUT2D eigenvalue weighted by Gasteiger charge is 2.49. The summed E-state index contributed by atoms with van der Waals surface area (Å²) in [6, 6.07) is 4.45. The zero-order valence-electron chi connectivity index (χ0n) is 18.0. The highest BCUT2D eigenvalue weighted by molar-refractivity contribution is 5.79. The molecule has 29 heavy (non-hydrogen) atoms. The first-order valence-electron chi connectivity index (χ1n) is 11.6. The SMILES string of the molecule is Cc1cc(N2CC3CN(CCC4CC5(CCCCC5)C(=O)O4)CC3C2)cc(C)n1. The maximum atomic E-state index is 12.5. The zero-order chi connectivity index (χ0) is 20.0. The van der Waals surface area contributed by atoms with E-state index in [1.165, 1.54) is 38.0 Å². The van der Waals surface area contributed by atoms with Crippen LogP contribution >= 0.6 is 0 Å². The Morgan fingerprint density at radius 3 is 2.34 bits per heavy atom. The molecule has 0 bridgehead atoms. The number of esters is 1. The van der Waals surface area contributed by atoms with Gasteiger partial charge in [0.15, 0.2) is 0 Å². The van der Waals surface area contributed by atoms with Crippen molar-refractivity contribution in [2.24, 2.45) is 17.3 Å². The van der Waals surface area contributed by atoms with Crippen LogP contribution in [0.15, 0.2) is 12.1 Å². The van der Waals surface area contributed by atoms with E-state index < -0.39 is 0 Å². The lowest BCUT2D eigenvalue weighted by Crippen LogP contribution is -2.31. The van der Waals surface area contributed by atoms with Gasteiger partial charge in [-0.25, -0.2) is 0 Å². The first-order valence-corrected chi connectivity index (χ1v) is 11.6. The maximum absolute atomic E-state index is 12.5. The average molecular weight is 398 g/mol. The number of aromatic nitrogens is 1. The lowest BCUT2D eigenvalue weighted by atomic mass is 9.72. The van der Waals surface area contributed by atoms with Crippen LogP contribution < -0.4 is 4.90 Å². The summed E-state index contributed by atoms with van der Waals surface area (Å²) in [4.78, 5) is 22.2. The Hall–Kier alpha value is -1.62. The molecule has 3 atom stereocenters. The van der Waals surface area contributed by atoms with Gasteiger partial charge in [-0.05, 0) is 57.1 Å². The van der Waals surface area contributed by atoms with E-state index in [1.807, 2.05) is 0 Å². The Kier molecular flexibility index (Phi) is 5.05. The van der Waals surface area contributed by atoms with E-state index in [9.17, 15) is 4.79 Å². The van der Waals surface area contributed by atoms with Crippen molar-refractivity contribution in [3.8, 4) is 0 Å². The smallest absolute Gasteiger partial charge is 0.312 e. The van der Waals surface area contributed by atoms with Gasteiger partial charge in [0, 0.05) is 56.2 Å². The topological polar surface area (TPSA) is 45.7 Å². The molecule has 0 radical (unpaired) electrons. The van der Waals surface area contributed by atoms with Gasteiger partial charge < -0.3 is 14.5 Å². The van der Waals surface area contributed by atoms with Crippen molar-refractivity contribution in [3.05, 3.63) is 23.5 Å². The van der Waals surface area contributed by atoms with Crippen molar-refractivity contribution in [3.63, 3.8) is 0 Å². The quantitative estimate of drug-likeness (QED) is 0.725. The fourth-order valence-electron chi connectivity index (χ4n) is 6.44. The summed E-state index contributed by atoms with van der Waals surface area (Å²) in [5.41, 5.74) is 3.44. The number of hydrogen-bond acceptors (Lipinski definition) is 5. The molecule has 0 amide bonds. The summed E-state index contributed by atoms with van der Waals surface area (Å²) in [7, 11) is 0. The van der Waals surface area contributed by atoms with Crippen molar-refractivity contribution >= 4 is 11.7 Å². The number of carbonyl (C=O) groups excluding carboxylic acids is 1. The van der Waals surface area contributed by atoms with E-state index in [0.717, 1.165) is 68.5 Å². The van der Waals surface area contributed by atoms with E-state index in [0.29, 0.717) is 0 Å². The summed E-state index contributed by atoms with van der Waals surface area (Å²) >= 11 is 0. The van der Waals surface area contributed by atoms with Crippen LogP contribution in [0.2, 0.25) is 0 Å². The number of fused-ring (bicyclic) bond motifs is 1. The molecule has 1 saturated carbocycles. The van der Waals surface area contributed by atoms with E-state index in [4.69, 9.17) is 4.74 Å². The number of rotatable bonds is 4. The summed E-state index contributed by atoms with van der Waals surface area (Å²) in [5, 5.41) is 0. The first kappa shape index (κ1) is 19.3. The molecule has 4 heterocycles. The summed E-state index contributed by atoms with van der Waals surface area (Å²) < 4.78 is 5.83. The molecule has 3 unspecified atom stereocenters. The molecule has 4 aliphatic rings. The largest absolute Gasteiger partial charge is 0.462 e. The van der Waals surface area contributed by atoms with Gasteiger partial charge in [0.2, 0.25) is 0 Å². The molecule has 3 saturated heterocycles. The van der Waals surface area contributed by atoms with E-state index in [2.05, 4.69) is 40.8 Å². The molecule has 4 fully saturated rings. The van der Waals surface area contributed by atoms with Crippen LogP contribution in [-0.2, 0) is 9.53 Å². The van der Waals surface area contributed by atoms with Crippen molar-refractivity contribution in [1.82, 2.24) is 9.88 Å². The minimum absolute atomic E-state index is 0.110. The van der Waals surface area contributed by atoms with Crippen LogP contribution in [0.25, 0.3) is 0 Å². The Balaban J connectivity index is 1.12. The maximum Gasteiger partial charge on any atom is 0.312 e. The number of carbonyl (C=O) groups is 1. The summed E-state index contributed by atoms with van der Waals surface area (Å²) in [6.45, 7) is 9.95. The Labute approximate surface area is 174 Å². The molecule has 1 spiro atoms. The highest BCUT2D eigenvalue weighted by Crippen LogP contribution is 2.46. The normalized spacial score (nSPS) is 31.4. The predicted octanol–water partition coefficient (Wildman–Crippen LogP) is 3.72. The second kappa shape index (κ2) is 7.57. The second-order valence-electron chi connectivity index (χ2n) is 10.2. The summed E-state index contributed by atoms with van der Waals surface area (Å²) in [6.07, 6.45) is 7.93. The van der Waals surface area contributed by atoms with Gasteiger partial charge >= 0.3 is 5.97 Å². The van der Waals surface area contributed by atoms with Gasteiger partial charge in [-0.1, -0.05) is 19.3 Å². The van der Waals surface area contributed by atoms with Gasteiger partial charge in [-0.15, -0.1) is 0 Å². The van der Waals surface area contributed by atoms with Gasteiger partial charge in [0.05, 0.1) is 5.41 Å². The lowest BCUT2D eigenvalue weighted by molar-refractivity contribution is -0.150. The molecule has 5 heteroatoms. The van der Waals surface area contributed by atoms with Crippen LogP contribution in [0, 0.1) is 31.1 Å². The molecule has 3 aliphatic heterocycles. The van der Waals surface area contributed by atoms with Crippen molar-refractivity contribution in [1.29, 1.82) is 0 Å². The van der Waals surface area contributed by atoms with E-state index >= 15 is 0 Å².